The molecular formula is C12H12N2O2S. The Balaban J connectivity index is 2.53. The summed E-state index contributed by atoms with van der Waals surface area (Å²) < 4.78 is 8.47. The zero-order chi connectivity index (χ0) is 12.0. The van der Waals surface area contributed by atoms with Gasteiger partial charge in [0, 0.05) is 0 Å². The van der Waals surface area contributed by atoms with E-state index in [4.69, 9.17) is 4.74 Å². The predicted molar refractivity (Wildman–Crippen MR) is 67.8 cm³/mol. The summed E-state index contributed by atoms with van der Waals surface area (Å²) in [6.45, 7) is 1.89. The Bertz CT molecular complexity index is 699. The van der Waals surface area contributed by atoms with Crippen LogP contribution >= 0.6 is 11.3 Å². The zero-order valence-corrected chi connectivity index (χ0v) is 10.4. The van der Waals surface area contributed by atoms with Gasteiger partial charge >= 0.3 is 0 Å². The van der Waals surface area contributed by atoms with Gasteiger partial charge in [-0.1, -0.05) is 17.4 Å². The fourth-order valence-electron chi connectivity index (χ4n) is 2.09. The number of aromatic nitrogens is 2. The number of hydrogen-bond acceptors (Lipinski definition) is 4. The lowest BCUT2D eigenvalue weighted by molar-refractivity contribution is 0.275. The van der Waals surface area contributed by atoms with Crippen LogP contribution in [0.15, 0.2) is 18.2 Å². The van der Waals surface area contributed by atoms with Crippen molar-refractivity contribution < 1.29 is 9.84 Å². The summed E-state index contributed by atoms with van der Waals surface area (Å²) in [5.41, 5.74) is 2.68. The van der Waals surface area contributed by atoms with Crippen LogP contribution in [-0.2, 0) is 6.61 Å². The van der Waals surface area contributed by atoms with Gasteiger partial charge in [-0.25, -0.2) is 4.98 Å². The summed E-state index contributed by atoms with van der Waals surface area (Å²) in [5, 5.41) is 9.45. The molecular weight excluding hydrogens is 236 g/mol. The molecule has 0 aliphatic carbocycles. The van der Waals surface area contributed by atoms with Crippen molar-refractivity contribution in [3.63, 3.8) is 0 Å². The van der Waals surface area contributed by atoms with Crippen LogP contribution in [0, 0.1) is 6.92 Å². The van der Waals surface area contributed by atoms with Gasteiger partial charge < -0.3 is 9.84 Å². The third-order valence-corrected chi connectivity index (χ3v) is 3.90. The quantitative estimate of drug-likeness (QED) is 0.757. The molecule has 3 rings (SSSR count). The molecule has 0 unspecified atom stereocenters. The molecule has 5 heteroatoms. The number of benzene rings is 1. The lowest BCUT2D eigenvalue weighted by Gasteiger charge is -2.03. The highest BCUT2D eigenvalue weighted by Crippen LogP contribution is 2.34. The van der Waals surface area contributed by atoms with E-state index in [1.165, 1.54) is 0 Å². The first-order valence-electron chi connectivity index (χ1n) is 5.30. The Kier molecular flexibility index (Phi) is 2.31. The summed E-state index contributed by atoms with van der Waals surface area (Å²) in [6, 6.07) is 5.92. The first-order chi connectivity index (χ1) is 8.26. The fourth-order valence-corrected chi connectivity index (χ4v) is 3.19. The maximum atomic E-state index is 9.45. The number of nitrogens with zero attached hydrogens (tertiary/aromatic N) is 2. The van der Waals surface area contributed by atoms with E-state index in [0.717, 1.165) is 32.3 Å². The van der Waals surface area contributed by atoms with Crippen LogP contribution in [0.3, 0.4) is 0 Å². The van der Waals surface area contributed by atoms with Gasteiger partial charge in [0.1, 0.15) is 11.3 Å². The van der Waals surface area contributed by atoms with Crippen molar-refractivity contribution in [3.05, 3.63) is 29.6 Å². The first kappa shape index (κ1) is 10.6. The number of rotatable bonds is 2. The molecule has 0 spiro atoms. The normalized spacial score (nSPS) is 11.5. The fraction of sp³-hybridized carbons (Fsp3) is 0.250. The van der Waals surface area contributed by atoms with Gasteiger partial charge in [-0.2, -0.15) is 0 Å². The number of ether oxygens (including phenoxy) is 1. The van der Waals surface area contributed by atoms with Gasteiger partial charge in [0.15, 0.2) is 4.96 Å². The van der Waals surface area contributed by atoms with Gasteiger partial charge in [-0.3, -0.25) is 4.40 Å². The first-order valence-corrected chi connectivity index (χ1v) is 6.12. The maximum absolute atomic E-state index is 9.45. The van der Waals surface area contributed by atoms with Gasteiger partial charge in [-0.15, -0.1) is 0 Å². The molecule has 1 N–H and O–H groups in total. The Morgan fingerprint density at radius 2 is 2.29 bits per heavy atom. The van der Waals surface area contributed by atoms with Crippen molar-refractivity contribution in [2.45, 2.75) is 13.5 Å². The zero-order valence-electron chi connectivity index (χ0n) is 9.60. The molecule has 88 valence electrons. The molecule has 2 heterocycles. The predicted octanol–water partition coefficient (Wildman–Crippen LogP) is 2.36. The van der Waals surface area contributed by atoms with Crippen LogP contribution in [0.4, 0.5) is 0 Å². The van der Waals surface area contributed by atoms with E-state index < -0.39 is 0 Å². The second-order valence-corrected chi connectivity index (χ2v) is 4.84. The van der Waals surface area contributed by atoms with Crippen LogP contribution in [-0.4, -0.2) is 21.6 Å². The van der Waals surface area contributed by atoms with Crippen molar-refractivity contribution in [1.82, 2.24) is 9.38 Å². The molecule has 0 saturated heterocycles. The van der Waals surface area contributed by atoms with Crippen molar-refractivity contribution in [3.8, 4) is 5.75 Å². The number of fused-ring (bicyclic) bond motifs is 3. The number of imidazole rings is 1. The standard InChI is InChI=1S/C12H12N2O2S/c1-7-8(6-15)14-11-9(16-2)4-3-5-10(11)17-12(14)13-7/h3-5,15H,6H2,1-2H3. The Hall–Kier alpha value is -1.59. The molecule has 2 aromatic heterocycles. The smallest absolute Gasteiger partial charge is 0.195 e. The van der Waals surface area contributed by atoms with E-state index in [-0.39, 0.29) is 6.61 Å². The number of aliphatic hydroxyl groups excluding tert-OH is 1. The molecule has 4 nitrogen and oxygen atoms in total. The van der Waals surface area contributed by atoms with E-state index in [1.807, 2.05) is 29.5 Å². The topological polar surface area (TPSA) is 46.8 Å². The lowest BCUT2D eigenvalue weighted by Crippen LogP contribution is -1.94. The van der Waals surface area contributed by atoms with E-state index in [0.29, 0.717) is 0 Å². The van der Waals surface area contributed by atoms with E-state index in [2.05, 4.69) is 4.98 Å². The van der Waals surface area contributed by atoms with Crippen molar-refractivity contribution >= 4 is 26.5 Å². The molecule has 0 atom stereocenters. The third kappa shape index (κ3) is 1.36. The number of hydrogen-bond donors (Lipinski definition) is 1. The van der Waals surface area contributed by atoms with E-state index in [9.17, 15) is 5.11 Å². The molecule has 0 bridgehead atoms. The molecule has 0 saturated carbocycles. The minimum atomic E-state index is -0.0170. The molecule has 0 aliphatic heterocycles. The molecule has 0 radical (unpaired) electrons. The van der Waals surface area contributed by atoms with E-state index >= 15 is 0 Å². The van der Waals surface area contributed by atoms with Crippen LogP contribution < -0.4 is 4.74 Å². The van der Waals surface area contributed by atoms with Gasteiger partial charge in [-0.05, 0) is 19.1 Å². The van der Waals surface area contributed by atoms with Crippen molar-refractivity contribution in [2.24, 2.45) is 0 Å². The highest BCUT2D eigenvalue weighted by Gasteiger charge is 2.16. The van der Waals surface area contributed by atoms with Crippen LogP contribution in [0.1, 0.15) is 11.4 Å². The number of aryl methyl sites for hydroxylation is 1. The highest BCUT2D eigenvalue weighted by atomic mass is 32.1. The molecule has 0 aliphatic rings. The minimum Gasteiger partial charge on any atom is -0.495 e. The SMILES string of the molecule is COc1cccc2sc3nc(C)c(CO)n3c12. The molecule has 1 aromatic carbocycles. The second-order valence-electron chi connectivity index (χ2n) is 3.83. The van der Waals surface area contributed by atoms with Crippen molar-refractivity contribution in [2.75, 3.05) is 7.11 Å². The monoisotopic (exact) mass is 248 g/mol. The second kappa shape index (κ2) is 3.72. The molecule has 17 heavy (non-hydrogen) atoms. The van der Waals surface area contributed by atoms with Gasteiger partial charge in [0.2, 0.25) is 0 Å². The number of aliphatic hydroxyl groups is 1. The summed E-state index contributed by atoms with van der Waals surface area (Å²) >= 11 is 1.60. The Morgan fingerprint density at radius 3 is 3.00 bits per heavy atom. The average molecular weight is 248 g/mol. The minimum absolute atomic E-state index is 0.0170. The third-order valence-electron chi connectivity index (χ3n) is 2.90. The summed E-state index contributed by atoms with van der Waals surface area (Å²) in [6.07, 6.45) is 0. The largest absolute Gasteiger partial charge is 0.495 e. The molecule has 0 fully saturated rings. The summed E-state index contributed by atoms with van der Waals surface area (Å²) in [4.78, 5) is 5.36. The average Bonchev–Trinajstić information content (AvgIpc) is 2.82. The van der Waals surface area contributed by atoms with Crippen LogP contribution in [0.5, 0.6) is 5.75 Å². The maximum Gasteiger partial charge on any atom is 0.195 e. The number of thiazole rings is 1. The molecule has 3 aromatic rings. The lowest BCUT2D eigenvalue weighted by atomic mass is 10.3. The Labute approximate surface area is 102 Å². The molecule has 0 amide bonds. The van der Waals surface area contributed by atoms with Gasteiger partial charge in [0.25, 0.3) is 0 Å². The van der Waals surface area contributed by atoms with Crippen LogP contribution in [0.2, 0.25) is 0 Å². The summed E-state index contributed by atoms with van der Waals surface area (Å²) in [5.74, 6) is 0.806. The number of methoxy groups -OCH3 is 1. The van der Waals surface area contributed by atoms with Crippen molar-refractivity contribution in [1.29, 1.82) is 0 Å². The highest BCUT2D eigenvalue weighted by molar-refractivity contribution is 7.23. The number of para-hydroxylation sites is 1. The summed E-state index contributed by atoms with van der Waals surface area (Å²) in [7, 11) is 1.65. The Morgan fingerprint density at radius 1 is 1.47 bits per heavy atom. The van der Waals surface area contributed by atoms with Gasteiger partial charge in [0.05, 0.1) is 29.8 Å². The van der Waals surface area contributed by atoms with Crippen LogP contribution in [0.25, 0.3) is 15.2 Å². The van der Waals surface area contributed by atoms with E-state index in [1.54, 1.807) is 18.4 Å².